The summed E-state index contributed by atoms with van der Waals surface area (Å²) in [6.45, 7) is 3.73. The quantitative estimate of drug-likeness (QED) is 0.813. The van der Waals surface area contributed by atoms with E-state index in [1.54, 1.807) is 0 Å². The Morgan fingerprint density at radius 3 is 2.78 bits per heavy atom. The molecule has 1 aromatic heterocycles. The number of aromatic nitrogens is 1. The summed E-state index contributed by atoms with van der Waals surface area (Å²) in [5.41, 5.74) is 1.38. The van der Waals surface area contributed by atoms with Crippen molar-refractivity contribution in [3.8, 4) is 0 Å². The van der Waals surface area contributed by atoms with E-state index < -0.39 is 0 Å². The van der Waals surface area contributed by atoms with Crippen LogP contribution < -0.4 is 5.32 Å². The molecule has 1 N–H and O–H groups in total. The molecule has 2 rings (SSSR count). The van der Waals surface area contributed by atoms with Crippen LogP contribution >= 0.6 is 0 Å². The van der Waals surface area contributed by atoms with Gasteiger partial charge in [0, 0.05) is 6.42 Å². The number of aryl methyl sites for hydroxylation is 2. The fourth-order valence-electron chi connectivity index (χ4n) is 1.89. The number of nitrogens with one attached hydrogen (secondary N) is 1. The Bertz CT molecular complexity index is 451. The second-order valence-electron chi connectivity index (χ2n) is 4.34. The lowest BCUT2D eigenvalue weighted by Crippen LogP contribution is -2.11. The number of oxazole rings is 1. The van der Waals surface area contributed by atoms with Crippen LogP contribution in [0.5, 0.6) is 0 Å². The van der Waals surface area contributed by atoms with Gasteiger partial charge >= 0.3 is 0 Å². The Hall–Kier alpha value is -1.61. The van der Waals surface area contributed by atoms with E-state index in [1.807, 2.05) is 12.3 Å². The molecular formula is C15H20N2O. The normalized spacial score (nSPS) is 10.7. The molecule has 0 bridgehead atoms. The maximum atomic E-state index is 5.65. The van der Waals surface area contributed by atoms with Gasteiger partial charge in [-0.1, -0.05) is 37.3 Å². The second-order valence-corrected chi connectivity index (χ2v) is 4.34. The first-order valence-electron chi connectivity index (χ1n) is 6.56. The molecule has 0 fully saturated rings. The molecule has 2 aromatic rings. The lowest BCUT2D eigenvalue weighted by molar-refractivity contribution is 0.435. The van der Waals surface area contributed by atoms with Crippen LogP contribution in [-0.2, 0) is 19.4 Å². The van der Waals surface area contributed by atoms with Crippen LogP contribution in [0.4, 0.5) is 0 Å². The highest BCUT2D eigenvalue weighted by atomic mass is 16.4. The third-order valence-corrected chi connectivity index (χ3v) is 2.86. The Kier molecular flexibility index (Phi) is 4.97. The molecule has 0 saturated heterocycles. The molecule has 0 atom stereocenters. The minimum atomic E-state index is 0.717. The summed E-state index contributed by atoms with van der Waals surface area (Å²) in [6, 6.07) is 10.5. The first kappa shape index (κ1) is 12.8. The standard InChI is InChI=1S/C15H20N2O/c1-2-16-12-15-17-11-14(18-15)10-6-9-13-7-4-3-5-8-13/h3-5,7-8,11,16H,2,6,9-10,12H2,1H3. The van der Waals surface area contributed by atoms with Crippen molar-refractivity contribution in [2.24, 2.45) is 0 Å². The summed E-state index contributed by atoms with van der Waals surface area (Å²) in [5, 5.41) is 3.20. The van der Waals surface area contributed by atoms with Gasteiger partial charge in [-0.3, -0.25) is 0 Å². The van der Waals surface area contributed by atoms with Gasteiger partial charge in [0.05, 0.1) is 12.7 Å². The molecule has 0 aliphatic rings. The number of hydrogen-bond acceptors (Lipinski definition) is 3. The molecule has 18 heavy (non-hydrogen) atoms. The van der Waals surface area contributed by atoms with Crippen molar-refractivity contribution < 1.29 is 4.42 Å². The van der Waals surface area contributed by atoms with E-state index in [2.05, 4.69) is 41.5 Å². The van der Waals surface area contributed by atoms with Crippen LogP contribution in [0.15, 0.2) is 40.9 Å². The molecule has 0 amide bonds. The zero-order valence-corrected chi connectivity index (χ0v) is 10.9. The van der Waals surface area contributed by atoms with Crippen molar-refractivity contribution in [2.75, 3.05) is 6.54 Å². The van der Waals surface area contributed by atoms with Gasteiger partial charge in [-0.25, -0.2) is 4.98 Å². The Morgan fingerprint density at radius 2 is 2.00 bits per heavy atom. The molecule has 1 heterocycles. The van der Waals surface area contributed by atoms with Gasteiger partial charge in [0.25, 0.3) is 0 Å². The van der Waals surface area contributed by atoms with Crippen molar-refractivity contribution in [1.82, 2.24) is 10.3 Å². The summed E-state index contributed by atoms with van der Waals surface area (Å²) in [6.07, 6.45) is 4.98. The van der Waals surface area contributed by atoms with E-state index in [1.165, 1.54) is 5.56 Å². The van der Waals surface area contributed by atoms with E-state index in [0.29, 0.717) is 0 Å². The lowest BCUT2D eigenvalue weighted by atomic mass is 10.1. The Labute approximate surface area is 108 Å². The van der Waals surface area contributed by atoms with Crippen molar-refractivity contribution >= 4 is 0 Å². The van der Waals surface area contributed by atoms with E-state index in [9.17, 15) is 0 Å². The molecule has 0 aliphatic heterocycles. The fraction of sp³-hybridized carbons (Fsp3) is 0.400. The third kappa shape index (κ3) is 4.00. The highest BCUT2D eigenvalue weighted by Crippen LogP contribution is 2.09. The molecule has 0 radical (unpaired) electrons. The zero-order valence-electron chi connectivity index (χ0n) is 10.9. The Morgan fingerprint density at radius 1 is 1.17 bits per heavy atom. The molecule has 0 spiro atoms. The van der Waals surface area contributed by atoms with Gasteiger partial charge in [0.2, 0.25) is 5.89 Å². The molecular weight excluding hydrogens is 224 g/mol. The summed E-state index contributed by atoms with van der Waals surface area (Å²) in [5.74, 6) is 1.77. The van der Waals surface area contributed by atoms with Crippen molar-refractivity contribution in [3.63, 3.8) is 0 Å². The van der Waals surface area contributed by atoms with Gasteiger partial charge in [-0.15, -0.1) is 0 Å². The lowest BCUT2D eigenvalue weighted by Gasteiger charge is -1.99. The third-order valence-electron chi connectivity index (χ3n) is 2.86. The summed E-state index contributed by atoms with van der Waals surface area (Å²) < 4.78 is 5.65. The monoisotopic (exact) mass is 244 g/mol. The predicted molar refractivity (Wildman–Crippen MR) is 72.4 cm³/mol. The van der Waals surface area contributed by atoms with Crippen LogP contribution in [0.25, 0.3) is 0 Å². The van der Waals surface area contributed by atoms with Gasteiger partial charge in [-0.05, 0) is 24.9 Å². The highest BCUT2D eigenvalue weighted by Gasteiger charge is 2.03. The van der Waals surface area contributed by atoms with Crippen molar-refractivity contribution in [1.29, 1.82) is 0 Å². The average Bonchev–Trinajstić information content (AvgIpc) is 2.85. The minimum absolute atomic E-state index is 0.717. The topological polar surface area (TPSA) is 38.1 Å². The number of nitrogens with zero attached hydrogens (tertiary/aromatic N) is 1. The maximum Gasteiger partial charge on any atom is 0.208 e. The summed E-state index contributed by atoms with van der Waals surface area (Å²) >= 11 is 0. The van der Waals surface area contributed by atoms with Crippen LogP contribution in [-0.4, -0.2) is 11.5 Å². The van der Waals surface area contributed by atoms with Crippen LogP contribution in [0.2, 0.25) is 0 Å². The second kappa shape index (κ2) is 6.97. The van der Waals surface area contributed by atoms with Crippen LogP contribution in [0.1, 0.15) is 30.6 Å². The number of hydrogen-bond donors (Lipinski definition) is 1. The summed E-state index contributed by atoms with van der Waals surface area (Å²) in [4.78, 5) is 4.25. The van der Waals surface area contributed by atoms with Crippen LogP contribution in [0.3, 0.4) is 0 Å². The largest absolute Gasteiger partial charge is 0.444 e. The van der Waals surface area contributed by atoms with Gasteiger partial charge in [-0.2, -0.15) is 0 Å². The fourth-order valence-corrected chi connectivity index (χ4v) is 1.89. The van der Waals surface area contributed by atoms with Gasteiger partial charge in [0.15, 0.2) is 0 Å². The van der Waals surface area contributed by atoms with E-state index in [-0.39, 0.29) is 0 Å². The molecule has 1 aromatic carbocycles. The average molecular weight is 244 g/mol. The molecule has 0 saturated carbocycles. The molecule has 96 valence electrons. The van der Waals surface area contributed by atoms with Crippen molar-refractivity contribution in [2.45, 2.75) is 32.7 Å². The zero-order chi connectivity index (χ0) is 12.6. The molecule has 3 nitrogen and oxygen atoms in total. The smallest absolute Gasteiger partial charge is 0.208 e. The minimum Gasteiger partial charge on any atom is -0.444 e. The number of rotatable bonds is 7. The van der Waals surface area contributed by atoms with Gasteiger partial charge in [0.1, 0.15) is 5.76 Å². The predicted octanol–water partition coefficient (Wildman–Crippen LogP) is 2.96. The Balaban J connectivity index is 1.75. The van der Waals surface area contributed by atoms with Gasteiger partial charge < -0.3 is 9.73 Å². The first-order chi connectivity index (χ1) is 8.88. The molecule has 0 unspecified atom stereocenters. The van der Waals surface area contributed by atoms with Crippen LogP contribution in [0, 0.1) is 0 Å². The number of benzene rings is 1. The van der Waals surface area contributed by atoms with E-state index in [0.717, 1.165) is 44.0 Å². The van der Waals surface area contributed by atoms with E-state index in [4.69, 9.17) is 4.42 Å². The molecule has 3 heteroatoms. The van der Waals surface area contributed by atoms with Crippen molar-refractivity contribution in [3.05, 3.63) is 53.7 Å². The SMILES string of the molecule is CCNCc1ncc(CCCc2ccccc2)o1. The first-order valence-corrected chi connectivity index (χ1v) is 6.56. The highest BCUT2D eigenvalue weighted by molar-refractivity contribution is 5.14. The molecule has 0 aliphatic carbocycles. The maximum absolute atomic E-state index is 5.65. The summed E-state index contributed by atoms with van der Waals surface area (Å²) in [7, 11) is 0. The van der Waals surface area contributed by atoms with E-state index >= 15 is 0 Å².